The van der Waals surface area contributed by atoms with Crippen LogP contribution in [0.2, 0.25) is 0 Å². The molecule has 0 saturated carbocycles. The lowest BCUT2D eigenvalue weighted by Gasteiger charge is -2.19. The summed E-state index contributed by atoms with van der Waals surface area (Å²) >= 11 is 0. The molecule has 2 amide bonds. The van der Waals surface area contributed by atoms with Crippen molar-refractivity contribution in [1.29, 1.82) is 0 Å². The summed E-state index contributed by atoms with van der Waals surface area (Å²) in [5, 5.41) is 10.2. The van der Waals surface area contributed by atoms with Gasteiger partial charge in [-0.05, 0) is 42.5 Å². The average molecular weight is 438 g/mol. The van der Waals surface area contributed by atoms with Crippen LogP contribution in [0, 0.1) is 5.82 Å². The fourth-order valence-electron chi connectivity index (χ4n) is 2.93. The van der Waals surface area contributed by atoms with Gasteiger partial charge in [-0.2, -0.15) is 13.2 Å². The first-order valence-electron chi connectivity index (χ1n) is 8.82. The number of carbonyl (C=O) groups excluding carboxylic acids is 1. The van der Waals surface area contributed by atoms with Crippen molar-refractivity contribution in [3.63, 3.8) is 0 Å². The van der Waals surface area contributed by atoms with Gasteiger partial charge in [-0.15, -0.1) is 10.2 Å². The molecule has 164 valence electrons. The summed E-state index contributed by atoms with van der Waals surface area (Å²) < 4.78 is 55.8. The molecule has 31 heavy (non-hydrogen) atoms. The lowest BCUT2D eigenvalue weighted by Crippen LogP contribution is -2.27. The summed E-state index contributed by atoms with van der Waals surface area (Å²) in [7, 11) is 4.34. The molecule has 3 rings (SSSR count). The predicted molar refractivity (Wildman–Crippen MR) is 105 cm³/mol. The summed E-state index contributed by atoms with van der Waals surface area (Å²) in [6.07, 6.45) is -4.72. The molecule has 0 unspecified atom stereocenters. The lowest BCUT2D eigenvalue weighted by atomic mass is 10.1. The monoisotopic (exact) mass is 438 g/mol. The van der Waals surface area contributed by atoms with Crippen LogP contribution in [0.3, 0.4) is 0 Å². The third-order valence-electron chi connectivity index (χ3n) is 4.38. The van der Waals surface area contributed by atoms with Gasteiger partial charge in [-0.1, -0.05) is 0 Å². The van der Waals surface area contributed by atoms with Crippen LogP contribution in [0.15, 0.2) is 42.5 Å². The molecule has 1 heterocycles. The van der Waals surface area contributed by atoms with Gasteiger partial charge in [0.25, 0.3) is 0 Å². The van der Waals surface area contributed by atoms with E-state index in [2.05, 4.69) is 20.4 Å². The zero-order valence-corrected chi connectivity index (χ0v) is 16.7. The van der Waals surface area contributed by atoms with E-state index in [0.29, 0.717) is 5.69 Å². The Balaban J connectivity index is 2.00. The number of nitrogens with zero attached hydrogens (tertiary/aromatic N) is 4. The van der Waals surface area contributed by atoms with E-state index < -0.39 is 23.6 Å². The molecule has 0 aliphatic rings. The van der Waals surface area contributed by atoms with E-state index in [-0.39, 0.29) is 23.0 Å². The summed E-state index contributed by atoms with van der Waals surface area (Å²) in [6.45, 7) is 0. The first-order chi connectivity index (χ1) is 14.6. The highest BCUT2D eigenvalue weighted by atomic mass is 19.4. The number of anilines is 3. The smallest absolute Gasteiger partial charge is 0.314 e. The number of benzene rings is 2. The van der Waals surface area contributed by atoms with Gasteiger partial charge in [-0.25, -0.2) is 14.7 Å². The van der Waals surface area contributed by atoms with E-state index in [4.69, 9.17) is 0 Å². The van der Waals surface area contributed by atoms with Gasteiger partial charge in [0.1, 0.15) is 5.82 Å². The standard InChI is InChI=1S/C19H18F4N6O2/c1-28(13-7-4-11(20)5-8-13)18-26-25-16(29(18)2)14-9-6-12(24-17(30)27-31-3)10-15(14)19(21,22)23/h4-10H,1-3H3,(H2,24,27,30). The van der Waals surface area contributed by atoms with Crippen molar-refractivity contribution in [1.82, 2.24) is 20.2 Å². The fourth-order valence-corrected chi connectivity index (χ4v) is 2.93. The van der Waals surface area contributed by atoms with Gasteiger partial charge < -0.3 is 10.2 Å². The molecular formula is C19H18F4N6O2. The minimum Gasteiger partial charge on any atom is -0.314 e. The van der Waals surface area contributed by atoms with Crippen molar-refractivity contribution < 1.29 is 27.2 Å². The molecule has 12 heteroatoms. The van der Waals surface area contributed by atoms with Gasteiger partial charge in [0.2, 0.25) is 5.95 Å². The van der Waals surface area contributed by atoms with Gasteiger partial charge >= 0.3 is 12.2 Å². The molecule has 0 saturated heterocycles. The molecule has 0 aliphatic carbocycles. The lowest BCUT2D eigenvalue weighted by molar-refractivity contribution is -0.137. The summed E-state index contributed by atoms with van der Waals surface area (Å²) in [5.41, 5.74) is 1.21. The Kier molecular flexibility index (Phi) is 6.11. The topological polar surface area (TPSA) is 84.3 Å². The maximum atomic E-state index is 13.7. The third kappa shape index (κ3) is 4.74. The largest absolute Gasteiger partial charge is 0.417 e. The molecule has 0 atom stereocenters. The Labute approximate surface area is 174 Å². The van der Waals surface area contributed by atoms with E-state index in [1.807, 2.05) is 5.48 Å². The van der Waals surface area contributed by atoms with Crippen molar-refractivity contribution in [3.8, 4) is 11.4 Å². The van der Waals surface area contributed by atoms with E-state index in [1.165, 1.54) is 55.1 Å². The number of hydroxylamine groups is 1. The van der Waals surface area contributed by atoms with Crippen LogP contribution in [-0.4, -0.2) is 35.0 Å². The number of hydrogen-bond donors (Lipinski definition) is 2. The van der Waals surface area contributed by atoms with Crippen LogP contribution in [0.1, 0.15) is 5.56 Å². The highest BCUT2D eigenvalue weighted by molar-refractivity contribution is 5.89. The zero-order chi connectivity index (χ0) is 22.8. The SMILES string of the molecule is CONC(=O)Nc1ccc(-c2nnc(N(C)c3ccc(F)cc3)n2C)c(C(F)(F)F)c1. The van der Waals surface area contributed by atoms with Crippen molar-refractivity contribution in [3.05, 3.63) is 53.8 Å². The first-order valence-corrected chi connectivity index (χ1v) is 8.82. The minimum absolute atomic E-state index is 0.0378. The van der Waals surface area contributed by atoms with Crippen LogP contribution in [0.5, 0.6) is 0 Å². The zero-order valence-electron chi connectivity index (χ0n) is 16.7. The molecule has 2 aromatic carbocycles. The second kappa shape index (κ2) is 8.60. The summed E-state index contributed by atoms with van der Waals surface area (Å²) in [5.74, 6) is -0.209. The maximum Gasteiger partial charge on any atom is 0.417 e. The van der Waals surface area contributed by atoms with Crippen LogP contribution < -0.4 is 15.7 Å². The number of alkyl halides is 3. The number of halogens is 4. The van der Waals surface area contributed by atoms with Crippen LogP contribution in [-0.2, 0) is 18.1 Å². The number of hydrogen-bond acceptors (Lipinski definition) is 5. The molecule has 8 nitrogen and oxygen atoms in total. The molecular weight excluding hydrogens is 420 g/mol. The normalized spacial score (nSPS) is 11.3. The van der Waals surface area contributed by atoms with E-state index in [9.17, 15) is 22.4 Å². The highest BCUT2D eigenvalue weighted by Gasteiger charge is 2.35. The molecule has 0 spiro atoms. The van der Waals surface area contributed by atoms with Crippen LogP contribution in [0.25, 0.3) is 11.4 Å². The van der Waals surface area contributed by atoms with Gasteiger partial charge in [0, 0.05) is 31.0 Å². The third-order valence-corrected chi connectivity index (χ3v) is 4.38. The summed E-state index contributed by atoms with van der Waals surface area (Å²) in [4.78, 5) is 17.5. The highest BCUT2D eigenvalue weighted by Crippen LogP contribution is 2.39. The first kappa shape index (κ1) is 22.0. The number of carbonyl (C=O) groups is 1. The Morgan fingerprint density at radius 2 is 1.81 bits per heavy atom. The molecule has 2 N–H and O–H groups in total. The number of nitrogens with one attached hydrogen (secondary N) is 2. The Morgan fingerprint density at radius 3 is 2.42 bits per heavy atom. The molecule has 0 fully saturated rings. The maximum absolute atomic E-state index is 13.7. The molecule has 3 aromatic rings. The number of rotatable bonds is 5. The van der Waals surface area contributed by atoms with E-state index in [0.717, 1.165) is 6.07 Å². The average Bonchev–Trinajstić information content (AvgIpc) is 3.08. The molecule has 0 aliphatic heterocycles. The number of aromatic nitrogens is 3. The second-order valence-corrected chi connectivity index (χ2v) is 6.44. The van der Waals surface area contributed by atoms with E-state index in [1.54, 1.807) is 11.9 Å². The van der Waals surface area contributed by atoms with Crippen molar-refractivity contribution >= 4 is 23.4 Å². The molecule has 0 radical (unpaired) electrons. The fraction of sp³-hybridized carbons (Fsp3) is 0.211. The number of amides is 2. The van der Waals surface area contributed by atoms with Crippen LogP contribution in [0.4, 0.5) is 39.7 Å². The Bertz CT molecular complexity index is 1080. The molecule has 1 aromatic heterocycles. The minimum atomic E-state index is -4.72. The van der Waals surface area contributed by atoms with Gasteiger partial charge in [0.05, 0.1) is 12.7 Å². The van der Waals surface area contributed by atoms with Crippen molar-refractivity contribution in [2.24, 2.45) is 7.05 Å². The summed E-state index contributed by atoms with van der Waals surface area (Å²) in [6, 6.07) is 8.00. The van der Waals surface area contributed by atoms with Crippen molar-refractivity contribution in [2.75, 3.05) is 24.4 Å². The van der Waals surface area contributed by atoms with Gasteiger partial charge in [-0.3, -0.25) is 9.40 Å². The molecule has 0 bridgehead atoms. The van der Waals surface area contributed by atoms with E-state index >= 15 is 0 Å². The van der Waals surface area contributed by atoms with Crippen LogP contribution >= 0.6 is 0 Å². The van der Waals surface area contributed by atoms with Crippen molar-refractivity contribution in [2.45, 2.75) is 6.18 Å². The Morgan fingerprint density at radius 1 is 1.13 bits per heavy atom. The van der Waals surface area contributed by atoms with Gasteiger partial charge in [0.15, 0.2) is 5.82 Å². The second-order valence-electron chi connectivity index (χ2n) is 6.44. The quantitative estimate of drug-likeness (QED) is 0.463. The number of urea groups is 1. The predicted octanol–water partition coefficient (Wildman–Crippen LogP) is 4.09. The Hall–Kier alpha value is -3.67.